The molecule has 0 amide bonds. The van der Waals surface area contributed by atoms with Gasteiger partial charge < -0.3 is 5.32 Å². The smallest absolute Gasteiger partial charge is 0.194 e. The van der Waals surface area contributed by atoms with Gasteiger partial charge in [0.15, 0.2) is 4.96 Å². The van der Waals surface area contributed by atoms with Crippen LogP contribution in [0.4, 0.5) is 0 Å². The summed E-state index contributed by atoms with van der Waals surface area (Å²) < 4.78 is 2.27. The first-order chi connectivity index (χ1) is 8.17. The Morgan fingerprint density at radius 2 is 2.06 bits per heavy atom. The molecule has 0 aliphatic rings. The molecule has 2 rings (SSSR count). The van der Waals surface area contributed by atoms with E-state index in [1.165, 1.54) is 24.2 Å². The van der Waals surface area contributed by atoms with Gasteiger partial charge in [-0.2, -0.15) is 0 Å². The fourth-order valence-electron chi connectivity index (χ4n) is 2.19. The van der Waals surface area contributed by atoms with Crippen molar-refractivity contribution in [3.8, 4) is 0 Å². The summed E-state index contributed by atoms with van der Waals surface area (Å²) in [6.07, 6.45) is 2.36. The first-order valence-electron chi connectivity index (χ1n) is 6.32. The van der Waals surface area contributed by atoms with Crippen molar-refractivity contribution in [1.29, 1.82) is 0 Å². The normalized spacial score (nSPS) is 11.8. The number of aromatic nitrogens is 2. The Bertz CT molecular complexity index is 494. The molecule has 0 unspecified atom stereocenters. The van der Waals surface area contributed by atoms with Crippen LogP contribution in [-0.4, -0.2) is 15.4 Å². The maximum absolute atomic E-state index is 4.61. The highest BCUT2D eigenvalue weighted by Crippen LogP contribution is 2.20. The van der Waals surface area contributed by atoms with E-state index in [1.807, 2.05) is 0 Å². The first kappa shape index (κ1) is 12.6. The fourth-order valence-corrected chi connectivity index (χ4v) is 3.12. The van der Waals surface area contributed by atoms with E-state index in [9.17, 15) is 0 Å². The molecule has 1 N–H and O–H groups in total. The monoisotopic (exact) mass is 251 g/mol. The summed E-state index contributed by atoms with van der Waals surface area (Å²) in [5.74, 6) is 0. The maximum atomic E-state index is 4.61. The second-order valence-electron chi connectivity index (χ2n) is 4.53. The lowest BCUT2D eigenvalue weighted by Crippen LogP contribution is -2.27. The van der Waals surface area contributed by atoms with Crippen LogP contribution in [0.5, 0.6) is 0 Å². The van der Waals surface area contributed by atoms with Crippen molar-refractivity contribution in [2.24, 2.45) is 0 Å². The first-order valence-corrected chi connectivity index (χ1v) is 7.20. The molecule has 2 aromatic rings. The number of aryl methyl sites for hydroxylation is 2. The quantitative estimate of drug-likeness (QED) is 0.883. The van der Waals surface area contributed by atoms with Gasteiger partial charge in [0.1, 0.15) is 0 Å². The highest BCUT2D eigenvalue weighted by atomic mass is 32.1. The maximum Gasteiger partial charge on any atom is 0.194 e. The summed E-state index contributed by atoms with van der Waals surface area (Å²) >= 11 is 1.72. The Morgan fingerprint density at radius 3 is 2.71 bits per heavy atom. The number of hydrogen-bond donors (Lipinski definition) is 1. The third-order valence-corrected chi connectivity index (χ3v) is 4.32. The second-order valence-corrected chi connectivity index (χ2v) is 5.37. The molecule has 0 spiro atoms. The predicted octanol–water partition coefficient (Wildman–Crippen LogP) is 3.29. The SMILES string of the molecule is CCC(CC)NCc1c(C)nc2scc(C)n12. The van der Waals surface area contributed by atoms with Crippen LogP contribution < -0.4 is 5.32 Å². The van der Waals surface area contributed by atoms with Crippen molar-refractivity contribution in [2.45, 2.75) is 53.1 Å². The van der Waals surface area contributed by atoms with E-state index in [4.69, 9.17) is 0 Å². The van der Waals surface area contributed by atoms with Gasteiger partial charge in [-0.15, -0.1) is 11.3 Å². The summed E-state index contributed by atoms with van der Waals surface area (Å²) in [6, 6.07) is 0.610. The summed E-state index contributed by atoms with van der Waals surface area (Å²) in [7, 11) is 0. The Kier molecular flexibility index (Phi) is 3.84. The summed E-state index contributed by atoms with van der Waals surface area (Å²) in [5, 5.41) is 5.78. The minimum Gasteiger partial charge on any atom is -0.308 e. The van der Waals surface area contributed by atoms with Crippen LogP contribution in [0.2, 0.25) is 0 Å². The van der Waals surface area contributed by atoms with E-state index in [1.54, 1.807) is 11.3 Å². The molecule has 94 valence electrons. The van der Waals surface area contributed by atoms with Crippen LogP contribution in [0.3, 0.4) is 0 Å². The lowest BCUT2D eigenvalue weighted by atomic mass is 10.1. The number of nitrogens with zero attached hydrogens (tertiary/aromatic N) is 2. The molecule has 2 heterocycles. The molecule has 0 radical (unpaired) electrons. The molecule has 0 saturated carbocycles. The van der Waals surface area contributed by atoms with E-state index < -0.39 is 0 Å². The topological polar surface area (TPSA) is 29.3 Å². The van der Waals surface area contributed by atoms with Crippen molar-refractivity contribution in [2.75, 3.05) is 0 Å². The van der Waals surface area contributed by atoms with E-state index in [0.29, 0.717) is 6.04 Å². The van der Waals surface area contributed by atoms with Gasteiger partial charge in [-0.1, -0.05) is 13.8 Å². The zero-order valence-electron chi connectivity index (χ0n) is 11.1. The number of nitrogens with one attached hydrogen (secondary N) is 1. The van der Waals surface area contributed by atoms with E-state index in [2.05, 4.69) is 47.8 Å². The minimum atomic E-state index is 0.610. The van der Waals surface area contributed by atoms with Gasteiger partial charge in [0.25, 0.3) is 0 Å². The Labute approximate surface area is 107 Å². The van der Waals surface area contributed by atoms with E-state index in [-0.39, 0.29) is 0 Å². The molecular weight excluding hydrogens is 230 g/mol. The summed E-state index contributed by atoms with van der Waals surface area (Å²) in [4.78, 5) is 5.72. The molecule has 0 aliphatic carbocycles. The third kappa shape index (κ3) is 2.38. The molecule has 0 aromatic carbocycles. The van der Waals surface area contributed by atoms with Crippen molar-refractivity contribution in [3.05, 3.63) is 22.5 Å². The molecule has 2 aromatic heterocycles. The number of fused-ring (bicyclic) bond motifs is 1. The molecule has 17 heavy (non-hydrogen) atoms. The molecule has 0 bridgehead atoms. The highest BCUT2D eigenvalue weighted by molar-refractivity contribution is 7.15. The minimum absolute atomic E-state index is 0.610. The molecule has 0 saturated heterocycles. The van der Waals surface area contributed by atoms with E-state index >= 15 is 0 Å². The number of rotatable bonds is 5. The Hall–Kier alpha value is -0.870. The van der Waals surface area contributed by atoms with Crippen molar-refractivity contribution < 1.29 is 0 Å². The van der Waals surface area contributed by atoms with Crippen molar-refractivity contribution >= 4 is 16.3 Å². The van der Waals surface area contributed by atoms with Crippen LogP contribution in [0.1, 0.15) is 43.8 Å². The molecule has 3 nitrogen and oxygen atoms in total. The molecule has 4 heteroatoms. The van der Waals surface area contributed by atoms with Gasteiger partial charge in [0.05, 0.1) is 11.4 Å². The largest absolute Gasteiger partial charge is 0.308 e. The fraction of sp³-hybridized carbons (Fsp3) is 0.615. The average molecular weight is 251 g/mol. The molecule has 0 fully saturated rings. The van der Waals surface area contributed by atoms with Crippen LogP contribution >= 0.6 is 11.3 Å². The highest BCUT2D eigenvalue weighted by Gasteiger charge is 2.12. The Balaban J connectivity index is 2.22. The van der Waals surface area contributed by atoms with E-state index in [0.717, 1.165) is 17.2 Å². The molecule has 0 aliphatic heterocycles. The average Bonchev–Trinajstić information content (AvgIpc) is 2.81. The van der Waals surface area contributed by atoms with Gasteiger partial charge >= 0.3 is 0 Å². The van der Waals surface area contributed by atoms with Crippen LogP contribution in [0.25, 0.3) is 4.96 Å². The number of imidazole rings is 1. The van der Waals surface area contributed by atoms with Crippen LogP contribution in [0.15, 0.2) is 5.38 Å². The molecular formula is C13H21N3S. The zero-order chi connectivity index (χ0) is 12.4. The van der Waals surface area contributed by atoms with Gasteiger partial charge in [-0.25, -0.2) is 4.98 Å². The van der Waals surface area contributed by atoms with Crippen LogP contribution in [0, 0.1) is 13.8 Å². The van der Waals surface area contributed by atoms with Gasteiger partial charge in [-0.3, -0.25) is 4.40 Å². The van der Waals surface area contributed by atoms with Gasteiger partial charge in [-0.05, 0) is 26.7 Å². The predicted molar refractivity (Wildman–Crippen MR) is 73.8 cm³/mol. The van der Waals surface area contributed by atoms with Crippen molar-refractivity contribution in [3.63, 3.8) is 0 Å². The van der Waals surface area contributed by atoms with Gasteiger partial charge in [0.2, 0.25) is 0 Å². The summed E-state index contributed by atoms with van der Waals surface area (Å²) in [6.45, 7) is 9.62. The molecule has 0 atom stereocenters. The Morgan fingerprint density at radius 1 is 1.35 bits per heavy atom. The van der Waals surface area contributed by atoms with Crippen molar-refractivity contribution in [1.82, 2.24) is 14.7 Å². The standard InChI is InChI=1S/C13H21N3S/c1-5-11(6-2)14-7-12-10(4)15-13-16(12)9(3)8-17-13/h8,11,14H,5-7H2,1-4H3. The second kappa shape index (κ2) is 5.19. The lowest BCUT2D eigenvalue weighted by molar-refractivity contribution is 0.478. The summed E-state index contributed by atoms with van der Waals surface area (Å²) in [5.41, 5.74) is 3.75. The number of hydrogen-bond acceptors (Lipinski definition) is 3. The lowest BCUT2D eigenvalue weighted by Gasteiger charge is -2.14. The third-order valence-electron chi connectivity index (χ3n) is 3.37. The van der Waals surface area contributed by atoms with Gasteiger partial charge in [0, 0.05) is 23.7 Å². The van der Waals surface area contributed by atoms with Crippen LogP contribution in [-0.2, 0) is 6.54 Å². The zero-order valence-corrected chi connectivity index (χ0v) is 11.9. The number of thiazole rings is 1.